The van der Waals surface area contributed by atoms with Crippen LogP contribution in [0, 0.1) is 11.7 Å². The van der Waals surface area contributed by atoms with Gasteiger partial charge in [0.2, 0.25) is 0 Å². The Balaban J connectivity index is 2.64. The molecule has 0 bridgehead atoms. The van der Waals surface area contributed by atoms with Crippen LogP contribution < -0.4 is 5.32 Å². The number of hydrogen-bond acceptors (Lipinski definition) is 3. The number of carbonyl (C=O) groups excluding carboxylic acids is 1. The lowest BCUT2D eigenvalue weighted by atomic mass is 10.0. The van der Waals surface area contributed by atoms with E-state index in [1.807, 2.05) is 26.8 Å². The molecule has 2 unspecified atom stereocenters. The summed E-state index contributed by atoms with van der Waals surface area (Å²) >= 11 is 0. The van der Waals surface area contributed by atoms with E-state index in [1.165, 1.54) is 19.2 Å². The van der Waals surface area contributed by atoms with E-state index < -0.39 is 0 Å². The highest BCUT2D eigenvalue weighted by Gasteiger charge is 2.22. The van der Waals surface area contributed by atoms with Crippen molar-refractivity contribution in [1.29, 1.82) is 0 Å². The zero-order chi connectivity index (χ0) is 13.7. The van der Waals surface area contributed by atoms with Crippen molar-refractivity contribution in [3.63, 3.8) is 0 Å². The SMILES string of the molecule is COC(=O)C(C)C(C)N[C@@H](C)c1cccc(F)c1. The summed E-state index contributed by atoms with van der Waals surface area (Å²) in [4.78, 5) is 11.4. The normalized spacial score (nSPS) is 15.8. The molecule has 3 atom stereocenters. The second-order valence-electron chi connectivity index (χ2n) is 4.54. The van der Waals surface area contributed by atoms with Gasteiger partial charge in [0.05, 0.1) is 13.0 Å². The molecule has 0 saturated heterocycles. The molecule has 100 valence electrons. The van der Waals surface area contributed by atoms with Crippen molar-refractivity contribution in [2.75, 3.05) is 7.11 Å². The molecule has 4 heteroatoms. The van der Waals surface area contributed by atoms with Crippen LogP contribution in [0.1, 0.15) is 32.4 Å². The standard InChI is InChI=1S/C14H20FNO2/c1-9(14(17)18-4)10(2)16-11(3)12-6-5-7-13(15)8-12/h5-11,16H,1-4H3/t9?,10?,11-/m0/s1. The summed E-state index contributed by atoms with van der Waals surface area (Å²) in [6.07, 6.45) is 0. The van der Waals surface area contributed by atoms with E-state index in [1.54, 1.807) is 6.07 Å². The first-order valence-corrected chi connectivity index (χ1v) is 6.05. The van der Waals surface area contributed by atoms with Crippen LogP contribution in [-0.2, 0) is 9.53 Å². The van der Waals surface area contributed by atoms with Crippen molar-refractivity contribution in [2.45, 2.75) is 32.9 Å². The molecule has 0 spiro atoms. The maximum absolute atomic E-state index is 13.1. The summed E-state index contributed by atoms with van der Waals surface area (Å²) in [6, 6.07) is 6.37. The number of benzene rings is 1. The van der Waals surface area contributed by atoms with Crippen LogP contribution in [0.3, 0.4) is 0 Å². The molecular formula is C14H20FNO2. The molecule has 0 aliphatic heterocycles. The Morgan fingerprint density at radius 2 is 2.00 bits per heavy atom. The van der Waals surface area contributed by atoms with Crippen LogP contribution in [0.2, 0.25) is 0 Å². The second-order valence-corrected chi connectivity index (χ2v) is 4.54. The zero-order valence-electron chi connectivity index (χ0n) is 11.2. The van der Waals surface area contributed by atoms with Gasteiger partial charge in [-0.1, -0.05) is 19.1 Å². The van der Waals surface area contributed by atoms with Crippen LogP contribution in [0.15, 0.2) is 24.3 Å². The summed E-state index contributed by atoms with van der Waals surface area (Å²) in [5.74, 6) is -0.748. The minimum absolute atomic E-state index is 0.0252. The minimum atomic E-state index is -0.255. The van der Waals surface area contributed by atoms with Crippen molar-refractivity contribution in [1.82, 2.24) is 5.32 Å². The molecule has 0 heterocycles. The predicted molar refractivity (Wildman–Crippen MR) is 68.6 cm³/mol. The first-order chi connectivity index (χ1) is 8.45. The first-order valence-electron chi connectivity index (χ1n) is 6.05. The van der Waals surface area contributed by atoms with E-state index in [-0.39, 0.29) is 29.8 Å². The Kier molecular flexibility index (Phi) is 5.28. The Labute approximate surface area is 107 Å². The second kappa shape index (κ2) is 6.50. The highest BCUT2D eigenvalue weighted by molar-refractivity contribution is 5.72. The van der Waals surface area contributed by atoms with Gasteiger partial charge in [-0.05, 0) is 31.5 Å². The van der Waals surface area contributed by atoms with Crippen LogP contribution in [-0.4, -0.2) is 19.1 Å². The average Bonchev–Trinajstić information content (AvgIpc) is 2.36. The molecule has 1 aromatic rings. The molecule has 0 saturated carbocycles. The van der Waals surface area contributed by atoms with Gasteiger partial charge in [-0.2, -0.15) is 0 Å². The molecule has 1 aromatic carbocycles. The third-order valence-electron chi connectivity index (χ3n) is 3.18. The summed E-state index contributed by atoms with van der Waals surface area (Å²) in [5.41, 5.74) is 0.860. The number of nitrogens with one attached hydrogen (secondary N) is 1. The highest BCUT2D eigenvalue weighted by atomic mass is 19.1. The third-order valence-corrected chi connectivity index (χ3v) is 3.18. The Bertz CT molecular complexity index is 409. The Morgan fingerprint density at radius 1 is 1.33 bits per heavy atom. The lowest BCUT2D eigenvalue weighted by Gasteiger charge is -2.24. The smallest absolute Gasteiger partial charge is 0.309 e. The molecule has 0 fully saturated rings. The van der Waals surface area contributed by atoms with E-state index >= 15 is 0 Å². The number of ether oxygens (including phenoxy) is 1. The van der Waals surface area contributed by atoms with E-state index in [0.717, 1.165) is 5.56 Å². The summed E-state index contributed by atoms with van der Waals surface area (Å²) < 4.78 is 17.8. The van der Waals surface area contributed by atoms with Gasteiger partial charge in [0, 0.05) is 12.1 Å². The molecule has 0 radical (unpaired) electrons. The zero-order valence-corrected chi connectivity index (χ0v) is 11.2. The molecule has 0 aliphatic carbocycles. The highest BCUT2D eigenvalue weighted by Crippen LogP contribution is 2.16. The van der Waals surface area contributed by atoms with Crippen molar-refractivity contribution < 1.29 is 13.9 Å². The molecule has 18 heavy (non-hydrogen) atoms. The molecule has 0 aromatic heterocycles. The fourth-order valence-electron chi connectivity index (χ4n) is 1.80. The third kappa shape index (κ3) is 3.81. The van der Waals surface area contributed by atoms with Crippen molar-refractivity contribution in [3.8, 4) is 0 Å². The van der Waals surface area contributed by atoms with E-state index in [2.05, 4.69) is 5.32 Å². The molecular weight excluding hydrogens is 233 g/mol. The van der Waals surface area contributed by atoms with Crippen molar-refractivity contribution in [2.24, 2.45) is 5.92 Å². The number of hydrogen-bond donors (Lipinski definition) is 1. The number of halogens is 1. The lowest BCUT2D eigenvalue weighted by molar-refractivity contribution is -0.145. The first kappa shape index (κ1) is 14.6. The topological polar surface area (TPSA) is 38.3 Å². The number of carbonyl (C=O) groups is 1. The fourth-order valence-corrected chi connectivity index (χ4v) is 1.80. The Hall–Kier alpha value is -1.42. The Morgan fingerprint density at radius 3 is 2.56 bits per heavy atom. The van der Waals surface area contributed by atoms with Crippen LogP contribution in [0.25, 0.3) is 0 Å². The number of esters is 1. The monoisotopic (exact) mass is 253 g/mol. The molecule has 0 aliphatic rings. The van der Waals surface area contributed by atoms with Crippen molar-refractivity contribution >= 4 is 5.97 Å². The maximum Gasteiger partial charge on any atom is 0.309 e. The van der Waals surface area contributed by atoms with Crippen molar-refractivity contribution in [3.05, 3.63) is 35.6 Å². The van der Waals surface area contributed by atoms with Crippen LogP contribution >= 0.6 is 0 Å². The largest absolute Gasteiger partial charge is 0.469 e. The number of rotatable bonds is 5. The fraction of sp³-hybridized carbons (Fsp3) is 0.500. The molecule has 1 rings (SSSR count). The predicted octanol–water partition coefficient (Wildman–Crippen LogP) is 2.67. The van der Waals surface area contributed by atoms with Gasteiger partial charge in [-0.3, -0.25) is 4.79 Å². The molecule has 0 amide bonds. The summed E-state index contributed by atoms with van der Waals surface area (Å²) in [7, 11) is 1.38. The van der Waals surface area contributed by atoms with Gasteiger partial charge < -0.3 is 10.1 Å². The molecule has 3 nitrogen and oxygen atoms in total. The summed E-state index contributed by atoms with van der Waals surface area (Å²) in [5, 5.41) is 3.27. The van der Waals surface area contributed by atoms with Gasteiger partial charge >= 0.3 is 5.97 Å². The molecule has 1 N–H and O–H groups in total. The van der Waals surface area contributed by atoms with Crippen LogP contribution in [0.5, 0.6) is 0 Å². The average molecular weight is 253 g/mol. The quantitative estimate of drug-likeness (QED) is 0.820. The number of methoxy groups -OCH3 is 1. The summed E-state index contributed by atoms with van der Waals surface area (Å²) in [6.45, 7) is 5.66. The van der Waals surface area contributed by atoms with Gasteiger partial charge in [-0.15, -0.1) is 0 Å². The van der Waals surface area contributed by atoms with E-state index in [9.17, 15) is 9.18 Å². The van der Waals surface area contributed by atoms with E-state index in [0.29, 0.717) is 0 Å². The minimum Gasteiger partial charge on any atom is -0.469 e. The van der Waals surface area contributed by atoms with Crippen LogP contribution in [0.4, 0.5) is 4.39 Å². The van der Waals surface area contributed by atoms with Gasteiger partial charge in [0.25, 0.3) is 0 Å². The van der Waals surface area contributed by atoms with Gasteiger partial charge in [0.15, 0.2) is 0 Å². The van der Waals surface area contributed by atoms with Gasteiger partial charge in [-0.25, -0.2) is 4.39 Å². The van der Waals surface area contributed by atoms with E-state index in [4.69, 9.17) is 4.74 Å². The van der Waals surface area contributed by atoms with Gasteiger partial charge in [0.1, 0.15) is 5.82 Å². The lowest BCUT2D eigenvalue weighted by Crippen LogP contribution is -2.38. The maximum atomic E-state index is 13.1.